The van der Waals surface area contributed by atoms with Crippen LogP contribution in [0.2, 0.25) is 0 Å². The van der Waals surface area contributed by atoms with E-state index in [1.54, 1.807) is 6.08 Å². The summed E-state index contributed by atoms with van der Waals surface area (Å²) >= 11 is 3.47. The van der Waals surface area contributed by atoms with Crippen LogP contribution in [0.4, 0.5) is 0 Å². The maximum absolute atomic E-state index is 12.1. The molecule has 0 bridgehead atoms. The molecule has 2 rings (SSSR count). The van der Waals surface area contributed by atoms with E-state index in [2.05, 4.69) is 33.1 Å². The molecule has 1 aliphatic heterocycles. The van der Waals surface area contributed by atoms with Crippen LogP contribution in [0.1, 0.15) is 19.4 Å². The summed E-state index contributed by atoms with van der Waals surface area (Å²) in [5.74, 6) is -0.0663. The van der Waals surface area contributed by atoms with Crippen LogP contribution in [0.15, 0.2) is 34.8 Å². The third kappa shape index (κ3) is 4.93. The first kappa shape index (κ1) is 17.2. The lowest BCUT2D eigenvalue weighted by atomic mass is 10.1. The van der Waals surface area contributed by atoms with Crippen LogP contribution in [0, 0.1) is 0 Å². The first-order chi connectivity index (χ1) is 10.6. The molecule has 0 aromatic heterocycles. The normalized spacial score (nSPS) is 19.0. The molecule has 1 saturated heterocycles. The van der Waals surface area contributed by atoms with E-state index in [1.165, 1.54) is 0 Å². The fraction of sp³-hybridized carbons (Fsp3) is 0.471. The van der Waals surface area contributed by atoms with Crippen LogP contribution in [0.5, 0.6) is 0 Å². The lowest BCUT2D eigenvalue weighted by Crippen LogP contribution is -2.51. The highest BCUT2D eigenvalue weighted by Crippen LogP contribution is 2.17. The highest BCUT2D eigenvalue weighted by molar-refractivity contribution is 9.10. The van der Waals surface area contributed by atoms with Crippen LogP contribution in [-0.2, 0) is 9.53 Å². The summed E-state index contributed by atoms with van der Waals surface area (Å²) in [6, 6.07) is 8.21. The molecule has 22 heavy (non-hydrogen) atoms. The first-order valence-corrected chi connectivity index (χ1v) is 8.42. The fourth-order valence-electron chi connectivity index (χ4n) is 2.47. The van der Waals surface area contributed by atoms with E-state index in [1.807, 2.05) is 37.3 Å². The molecule has 2 unspecified atom stereocenters. The number of ether oxygens (including phenoxy) is 1. The molecule has 1 aliphatic rings. The van der Waals surface area contributed by atoms with Gasteiger partial charge in [-0.15, -0.1) is 0 Å². The van der Waals surface area contributed by atoms with Crippen LogP contribution in [0.3, 0.4) is 0 Å². The zero-order valence-corrected chi connectivity index (χ0v) is 14.7. The Labute approximate surface area is 140 Å². The van der Waals surface area contributed by atoms with Gasteiger partial charge in [-0.2, -0.15) is 0 Å². The maximum atomic E-state index is 12.1. The Kier molecular flexibility index (Phi) is 6.61. The standard InChI is InChI=1S/C17H23BrN2O2/c1-13(14(2)20-9-11-22-12-10-20)19-17(21)8-7-15-5-3-4-6-16(15)18/h3-8,13-14H,9-12H2,1-2H3,(H,19,21)/b8-7+. The summed E-state index contributed by atoms with van der Waals surface area (Å²) in [5.41, 5.74) is 0.992. The number of nitrogens with zero attached hydrogens (tertiary/aromatic N) is 1. The molecule has 5 heteroatoms. The Morgan fingerprint density at radius 1 is 1.32 bits per heavy atom. The number of amides is 1. The van der Waals surface area contributed by atoms with E-state index < -0.39 is 0 Å². The van der Waals surface area contributed by atoms with E-state index >= 15 is 0 Å². The average molecular weight is 367 g/mol. The Bertz CT molecular complexity index is 527. The number of nitrogens with one attached hydrogen (secondary N) is 1. The van der Waals surface area contributed by atoms with Gasteiger partial charge < -0.3 is 10.1 Å². The first-order valence-electron chi connectivity index (χ1n) is 7.63. The minimum Gasteiger partial charge on any atom is -0.379 e. The molecule has 1 amide bonds. The summed E-state index contributed by atoms with van der Waals surface area (Å²) < 4.78 is 6.35. The molecule has 0 saturated carbocycles. The maximum Gasteiger partial charge on any atom is 0.244 e. The van der Waals surface area contributed by atoms with Crippen molar-refractivity contribution in [3.05, 3.63) is 40.4 Å². The van der Waals surface area contributed by atoms with Crippen molar-refractivity contribution >= 4 is 27.9 Å². The van der Waals surface area contributed by atoms with Crippen molar-refractivity contribution in [1.29, 1.82) is 0 Å². The van der Waals surface area contributed by atoms with Gasteiger partial charge in [-0.3, -0.25) is 9.69 Å². The summed E-state index contributed by atoms with van der Waals surface area (Å²) in [7, 11) is 0. The molecule has 1 aromatic rings. The minimum atomic E-state index is -0.0663. The van der Waals surface area contributed by atoms with Crippen molar-refractivity contribution in [3.63, 3.8) is 0 Å². The molecule has 2 atom stereocenters. The van der Waals surface area contributed by atoms with Crippen molar-refractivity contribution in [2.75, 3.05) is 26.3 Å². The SMILES string of the molecule is CC(NC(=O)/C=C/c1ccccc1Br)C(C)N1CCOCC1. The molecular formula is C17H23BrN2O2. The molecule has 4 nitrogen and oxygen atoms in total. The Morgan fingerprint density at radius 3 is 2.68 bits per heavy atom. The average Bonchev–Trinajstić information content (AvgIpc) is 2.54. The van der Waals surface area contributed by atoms with Crippen molar-refractivity contribution in [2.24, 2.45) is 0 Å². The highest BCUT2D eigenvalue weighted by atomic mass is 79.9. The van der Waals surface area contributed by atoms with Crippen molar-refractivity contribution in [3.8, 4) is 0 Å². The van der Waals surface area contributed by atoms with Crippen molar-refractivity contribution in [2.45, 2.75) is 25.9 Å². The number of carbonyl (C=O) groups is 1. The smallest absolute Gasteiger partial charge is 0.244 e. The summed E-state index contributed by atoms with van der Waals surface area (Å²) in [4.78, 5) is 14.4. The number of carbonyl (C=O) groups excluding carboxylic acids is 1. The van der Waals surface area contributed by atoms with E-state index in [-0.39, 0.29) is 11.9 Å². The van der Waals surface area contributed by atoms with Gasteiger partial charge in [0.1, 0.15) is 0 Å². The fourth-order valence-corrected chi connectivity index (χ4v) is 2.89. The molecule has 0 radical (unpaired) electrons. The second-order valence-corrected chi connectivity index (χ2v) is 6.40. The topological polar surface area (TPSA) is 41.6 Å². The molecule has 0 spiro atoms. The predicted octanol–water partition coefficient (Wildman–Crippen LogP) is 2.69. The van der Waals surface area contributed by atoms with E-state index in [4.69, 9.17) is 4.74 Å². The van der Waals surface area contributed by atoms with Crippen LogP contribution in [0.25, 0.3) is 6.08 Å². The lowest BCUT2D eigenvalue weighted by Gasteiger charge is -2.35. The van der Waals surface area contributed by atoms with Crippen molar-refractivity contribution < 1.29 is 9.53 Å². The summed E-state index contributed by atoms with van der Waals surface area (Å²) in [5, 5.41) is 3.04. The lowest BCUT2D eigenvalue weighted by molar-refractivity contribution is -0.117. The van der Waals surface area contributed by atoms with Gasteiger partial charge in [-0.1, -0.05) is 34.1 Å². The highest BCUT2D eigenvalue weighted by Gasteiger charge is 2.22. The van der Waals surface area contributed by atoms with Gasteiger partial charge >= 0.3 is 0 Å². The van der Waals surface area contributed by atoms with Gasteiger partial charge in [-0.25, -0.2) is 0 Å². The number of benzene rings is 1. The molecular weight excluding hydrogens is 344 g/mol. The number of rotatable bonds is 5. The number of halogens is 1. The predicted molar refractivity (Wildman–Crippen MR) is 92.6 cm³/mol. The van der Waals surface area contributed by atoms with E-state index in [9.17, 15) is 4.79 Å². The zero-order valence-electron chi connectivity index (χ0n) is 13.1. The van der Waals surface area contributed by atoms with Gasteiger partial charge in [0.25, 0.3) is 0 Å². The van der Waals surface area contributed by atoms with Gasteiger partial charge in [0.2, 0.25) is 5.91 Å². The Morgan fingerprint density at radius 2 is 2.00 bits per heavy atom. The zero-order chi connectivity index (χ0) is 15.9. The van der Waals surface area contributed by atoms with Crippen LogP contribution >= 0.6 is 15.9 Å². The molecule has 1 N–H and O–H groups in total. The van der Waals surface area contributed by atoms with Gasteiger partial charge in [-0.05, 0) is 31.6 Å². The monoisotopic (exact) mass is 366 g/mol. The van der Waals surface area contributed by atoms with Crippen molar-refractivity contribution in [1.82, 2.24) is 10.2 Å². The quantitative estimate of drug-likeness (QED) is 0.814. The van der Waals surface area contributed by atoms with Crippen LogP contribution < -0.4 is 5.32 Å². The van der Waals surface area contributed by atoms with E-state index in [0.29, 0.717) is 6.04 Å². The Balaban J connectivity index is 1.86. The molecule has 0 aliphatic carbocycles. The minimum absolute atomic E-state index is 0.0663. The van der Waals surface area contributed by atoms with Gasteiger partial charge in [0, 0.05) is 35.7 Å². The number of hydrogen-bond donors (Lipinski definition) is 1. The molecule has 1 fully saturated rings. The third-order valence-corrected chi connectivity index (χ3v) is 4.76. The summed E-state index contributed by atoms with van der Waals surface area (Å²) in [6.07, 6.45) is 3.41. The molecule has 1 aromatic carbocycles. The number of morpholine rings is 1. The second kappa shape index (κ2) is 8.46. The molecule has 120 valence electrons. The summed E-state index contributed by atoms with van der Waals surface area (Å²) in [6.45, 7) is 7.58. The second-order valence-electron chi connectivity index (χ2n) is 5.54. The third-order valence-electron chi connectivity index (χ3n) is 4.03. The molecule has 1 heterocycles. The largest absolute Gasteiger partial charge is 0.379 e. The van der Waals surface area contributed by atoms with Crippen LogP contribution in [-0.4, -0.2) is 49.2 Å². The Hall–Kier alpha value is -1.17. The van der Waals surface area contributed by atoms with Gasteiger partial charge in [0.15, 0.2) is 0 Å². The van der Waals surface area contributed by atoms with E-state index in [0.717, 1.165) is 36.3 Å². The number of hydrogen-bond acceptors (Lipinski definition) is 3. The van der Waals surface area contributed by atoms with Gasteiger partial charge in [0.05, 0.1) is 13.2 Å².